The van der Waals surface area contributed by atoms with E-state index in [9.17, 15) is 21.6 Å². The number of benzene rings is 2. The molecule has 144 valence electrons. The van der Waals surface area contributed by atoms with E-state index in [1.807, 2.05) is 6.07 Å². The molecule has 1 fully saturated rings. The van der Waals surface area contributed by atoms with Crippen molar-refractivity contribution in [1.29, 1.82) is 0 Å². The van der Waals surface area contributed by atoms with Crippen LogP contribution >= 0.6 is 0 Å². The quantitative estimate of drug-likeness (QED) is 0.727. The maximum atomic E-state index is 12.9. The highest BCUT2D eigenvalue weighted by atomic mass is 32.2. The number of carbonyl (C=O) groups excluding carboxylic acids is 1. The molecule has 1 aliphatic heterocycles. The molecule has 27 heavy (non-hydrogen) atoms. The molecule has 0 bridgehead atoms. The standard InChI is InChI=1S/C19H21NO5S2/c1-15(21)16-7-9-18(10-8-16)27(24,25)20-12-11-19(26(22,23)14-13-20)17-5-3-2-4-6-17/h2-10,19H,11-14H2,1H3. The summed E-state index contributed by atoms with van der Waals surface area (Å²) in [7, 11) is -7.28. The fourth-order valence-corrected chi connectivity index (χ4v) is 6.58. The van der Waals surface area contributed by atoms with E-state index in [2.05, 4.69) is 0 Å². The predicted octanol–water partition coefficient (Wildman–Crippen LogP) is 2.44. The van der Waals surface area contributed by atoms with Gasteiger partial charge >= 0.3 is 0 Å². The summed E-state index contributed by atoms with van der Waals surface area (Å²) in [5.41, 5.74) is 1.11. The van der Waals surface area contributed by atoms with Crippen LogP contribution in [0.3, 0.4) is 0 Å². The van der Waals surface area contributed by atoms with E-state index < -0.39 is 25.1 Å². The maximum Gasteiger partial charge on any atom is 0.243 e. The van der Waals surface area contributed by atoms with Crippen molar-refractivity contribution in [2.75, 3.05) is 18.8 Å². The summed E-state index contributed by atoms with van der Waals surface area (Å²) in [6, 6.07) is 14.6. The topological polar surface area (TPSA) is 88.6 Å². The van der Waals surface area contributed by atoms with Gasteiger partial charge in [-0.3, -0.25) is 4.79 Å². The Labute approximate surface area is 159 Å². The molecule has 0 aromatic heterocycles. The van der Waals surface area contributed by atoms with Gasteiger partial charge in [0.2, 0.25) is 10.0 Å². The number of hydrogen-bond donors (Lipinski definition) is 0. The van der Waals surface area contributed by atoms with Crippen molar-refractivity contribution < 1.29 is 21.6 Å². The van der Waals surface area contributed by atoms with Crippen LogP contribution in [0.5, 0.6) is 0 Å². The van der Waals surface area contributed by atoms with Gasteiger partial charge in [-0.1, -0.05) is 42.5 Å². The summed E-state index contributed by atoms with van der Waals surface area (Å²) in [5.74, 6) is -0.373. The number of Topliss-reactive ketones (excluding diaryl/α,β-unsaturated/α-hetero) is 1. The lowest BCUT2D eigenvalue weighted by atomic mass is 10.1. The highest BCUT2D eigenvalue weighted by molar-refractivity contribution is 7.92. The number of hydrogen-bond acceptors (Lipinski definition) is 5. The molecule has 3 rings (SSSR count). The van der Waals surface area contributed by atoms with Crippen LogP contribution in [-0.2, 0) is 19.9 Å². The molecule has 2 aromatic rings. The van der Waals surface area contributed by atoms with Crippen LogP contribution in [0.25, 0.3) is 0 Å². The van der Waals surface area contributed by atoms with Gasteiger partial charge in [-0.05, 0) is 31.0 Å². The Morgan fingerprint density at radius 2 is 1.63 bits per heavy atom. The van der Waals surface area contributed by atoms with Crippen molar-refractivity contribution in [3.8, 4) is 0 Å². The maximum absolute atomic E-state index is 12.9. The number of rotatable bonds is 4. The Morgan fingerprint density at radius 3 is 2.22 bits per heavy atom. The highest BCUT2D eigenvalue weighted by Gasteiger charge is 2.35. The van der Waals surface area contributed by atoms with Crippen LogP contribution in [0.4, 0.5) is 0 Å². The predicted molar refractivity (Wildman–Crippen MR) is 103 cm³/mol. The highest BCUT2D eigenvalue weighted by Crippen LogP contribution is 2.31. The Bertz CT molecular complexity index is 1030. The molecule has 0 aliphatic carbocycles. The van der Waals surface area contributed by atoms with Gasteiger partial charge in [-0.25, -0.2) is 16.8 Å². The van der Waals surface area contributed by atoms with E-state index in [0.29, 0.717) is 11.1 Å². The van der Waals surface area contributed by atoms with Crippen molar-refractivity contribution in [3.05, 3.63) is 65.7 Å². The Hall–Kier alpha value is -2.03. The minimum absolute atomic E-state index is 0.0584. The molecule has 0 N–H and O–H groups in total. The van der Waals surface area contributed by atoms with E-state index in [1.54, 1.807) is 24.3 Å². The number of sulfone groups is 1. The molecule has 1 unspecified atom stereocenters. The summed E-state index contributed by atoms with van der Waals surface area (Å²) in [6.07, 6.45) is 0.205. The van der Waals surface area contributed by atoms with Crippen LogP contribution in [-0.4, -0.2) is 45.8 Å². The minimum atomic E-state index is -3.83. The second-order valence-corrected chi connectivity index (χ2v) is 10.8. The van der Waals surface area contributed by atoms with E-state index in [0.717, 1.165) is 0 Å². The van der Waals surface area contributed by atoms with E-state index in [1.165, 1.54) is 35.5 Å². The van der Waals surface area contributed by atoms with Crippen LogP contribution in [0.2, 0.25) is 0 Å². The zero-order chi connectivity index (χ0) is 19.7. The molecular formula is C19H21NO5S2. The average Bonchev–Trinajstić information content (AvgIpc) is 2.81. The summed E-state index contributed by atoms with van der Waals surface area (Å²) in [6.45, 7) is 1.45. The number of nitrogens with zero attached hydrogens (tertiary/aromatic N) is 1. The average molecular weight is 408 g/mol. The van der Waals surface area contributed by atoms with Gasteiger partial charge in [-0.2, -0.15) is 4.31 Å². The van der Waals surface area contributed by atoms with Crippen molar-refractivity contribution in [1.82, 2.24) is 4.31 Å². The summed E-state index contributed by atoms with van der Waals surface area (Å²) in [5, 5.41) is -0.709. The number of sulfonamides is 1. The normalized spacial score (nSPS) is 20.7. The number of ketones is 1. The van der Waals surface area contributed by atoms with Gasteiger partial charge in [0.15, 0.2) is 15.6 Å². The van der Waals surface area contributed by atoms with Gasteiger partial charge in [0, 0.05) is 18.7 Å². The summed E-state index contributed by atoms with van der Waals surface area (Å²) >= 11 is 0. The Morgan fingerprint density at radius 1 is 1.00 bits per heavy atom. The lowest BCUT2D eigenvalue weighted by Crippen LogP contribution is -2.33. The van der Waals surface area contributed by atoms with E-state index in [-0.39, 0.29) is 35.9 Å². The molecule has 0 amide bonds. The summed E-state index contributed by atoms with van der Waals surface area (Å²) in [4.78, 5) is 11.4. The van der Waals surface area contributed by atoms with Gasteiger partial charge in [0.1, 0.15) is 0 Å². The van der Waals surface area contributed by atoms with Gasteiger partial charge in [-0.15, -0.1) is 0 Å². The number of carbonyl (C=O) groups is 1. The molecule has 1 heterocycles. The molecule has 0 saturated carbocycles. The first kappa shape index (κ1) is 19.7. The fourth-order valence-electron chi connectivity index (χ4n) is 3.22. The lowest BCUT2D eigenvalue weighted by molar-refractivity contribution is 0.101. The first-order valence-corrected chi connectivity index (χ1v) is 11.7. The van der Waals surface area contributed by atoms with Crippen LogP contribution in [0.1, 0.15) is 34.5 Å². The van der Waals surface area contributed by atoms with Crippen LogP contribution < -0.4 is 0 Å². The van der Waals surface area contributed by atoms with Gasteiger partial charge in [0.05, 0.1) is 15.9 Å². The molecule has 1 saturated heterocycles. The lowest BCUT2D eigenvalue weighted by Gasteiger charge is -2.19. The van der Waals surface area contributed by atoms with Crippen LogP contribution in [0, 0.1) is 0 Å². The Balaban J connectivity index is 1.87. The third-order valence-corrected chi connectivity index (χ3v) is 8.81. The third kappa shape index (κ3) is 4.12. The first-order valence-electron chi connectivity index (χ1n) is 8.59. The molecule has 2 aromatic carbocycles. The SMILES string of the molecule is CC(=O)c1ccc(S(=O)(=O)N2CCC(c3ccccc3)S(=O)(=O)CC2)cc1. The molecule has 1 aliphatic rings. The van der Waals surface area contributed by atoms with Crippen molar-refractivity contribution in [3.63, 3.8) is 0 Å². The molecule has 0 radical (unpaired) electrons. The smallest absolute Gasteiger partial charge is 0.243 e. The summed E-state index contributed by atoms with van der Waals surface area (Å²) < 4.78 is 52.4. The monoisotopic (exact) mass is 407 g/mol. The molecular weight excluding hydrogens is 386 g/mol. The van der Waals surface area contributed by atoms with E-state index in [4.69, 9.17) is 0 Å². The van der Waals surface area contributed by atoms with Crippen LogP contribution in [0.15, 0.2) is 59.5 Å². The second kappa shape index (κ2) is 7.53. The first-order chi connectivity index (χ1) is 12.7. The molecule has 1 atom stereocenters. The Kier molecular flexibility index (Phi) is 5.50. The molecule has 8 heteroatoms. The zero-order valence-electron chi connectivity index (χ0n) is 14.9. The molecule has 0 spiro atoms. The van der Waals surface area contributed by atoms with E-state index >= 15 is 0 Å². The fraction of sp³-hybridized carbons (Fsp3) is 0.316. The van der Waals surface area contributed by atoms with Gasteiger partial charge in [0.25, 0.3) is 0 Å². The zero-order valence-corrected chi connectivity index (χ0v) is 16.5. The largest absolute Gasteiger partial charge is 0.295 e. The molecule has 6 nitrogen and oxygen atoms in total. The van der Waals surface area contributed by atoms with Crippen molar-refractivity contribution in [2.24, 2.45) is 0 Å². The van der Waals surface area contributed by atoms with Crippen molar-refractivity contribution >= 4 is 25.6 Å². The second-order valence-electron chi connectivity index (χ2n) is 6.54. The third-order valence-electron chi connectivity index (χ3n) is 4.77. The van der Waals surface area contributed by atoms with Crippen molar-refractivity contribution in [2.45, 2.75) is 23.5 Å². The minimum Gasteiger partial charge on any atom is -0.295 e. The van der Waals surface area contributed by atoms with Gasteiger partial charge < -0.3 is 0 Å².